The summed E-state index contributed by atoms with van der Waals surface area (Å²) in [5, 5.41) is 4.99. The van der Waals surface area contributed by atoms with Gasteiger partial charge in [0, 0.05) is 21.4 Å². The fourth-order valence-corrected chi connectivity index (χ4v) is 3.84. The van der Waals surface area contributed by atoms with Gasteiger partial charge >= 0.3 is 0 Å². The first kappa shape index (κ1) is 14.2. The van der Waals surface area contributed by atoms with Crippen LogP contribution >= 0.6 is 22.7 Å². The fourth-order valence-electron chi connectivity index (χ4n) is 2.31. The molecular formula is C17H12N2O2S2. The van der Waals surface area contributed by atoms with Crippen LogP contribution in [-0.2, 0) is 6.54 Å². The maximum Gasteiger partial charge on any atom is 0.251 e. The predicted molar refractivity (Wildman–Crippen MR) is 92.8 cm³/mol. The Kier molecular flexibility index (Phi) is 3.69. The third-order valence-corrected chi connectivity index (χ3v) is 5.20. The van der Waals surface area contributed by atoms with Gasteiger partial charge < -0.3 is 9.73 Å². The molecule has 0 radical (unpaired) electrons. The fraction of sp³-hybridized carbons (Fsp3) is 0.0588. The molecular weight excluding hydrogens is 328 g/mol. The summed E-state index contributed by atoms with van der Waals surface area (Å²) in [6.45, 7) is 0.505. The van der Waals surface area contributed by atoms with Crippen molar-refractivity contribution in [2.45, 2.75) is 6.54 Å². The minimum Gasteiger partial charge on any atom is -0.464 e. The smallest absolute Gasteiger partial charge is 0.251 e. The highest BCUT2D eigenvalue weighted by molar-refractivity contribution is 7.16. The van der Waals surface area contributed by atoms with Crippen LogP contribution < -0.4 is 5.32 Å². The minimum absolute atomic E-state index is 0.0757. The van der Waals surface area contributed by atoms with Gasteiger partial charge in [-0.25, -0.2) is 4.98 Å². The van der Waals surface area contributed by atoms with Gasteiger partial charge in [-0.2, -0.15) is 0 Å². The average Bonchev–Trinajstić information content (AvgIpc) is 3.32. The van der Waals surface area contributed by atoms with Gasteiger partial charge in [0.1, 0.15) is 5.76 Å². The SMILES string of the molecule is O=C(NCc1cc(-c2ccco2)cs1)c1ccc2ncsc2c1. The second-order valence-electron chi connectivity index (χ2n) is 5.00. The van der Waals surface area contributed by atoms with E-state index < -0.39 is 0 Å². The number of carbonyl (C=O) groups excluding carboxylic acids is 1. The van der Waals surface area contributed by atoms with Crippen LogP contribution in [0.4, 0.5) is 0 Å². The van der Waals surface area contributed by atoms with Crippen LogP contribution in [0.25, 0.3) is 21.5 Å². The molecule has 1 aromatic carbocycles. The molecule has 0 aliphatic rings. The van der Waals surface area contributed by atoms with Gasteiger partial charge in [0.25, 0.3) is 5.91 Å². The summed E-state index contributed by atoms with van der Waals surface area (Å²) in [5.74, 6) is 0.766. The van der Waals surface area contributed by atoms with Gasteiger partial charge in [-0.1, -0.05) is 0 Å². The molecule has 0 aliphatic heterocycles. The largest absolute Gasteiger partial charge is 0.464 e. The minimum atomic E-state index is -0.0757. The topological polar surface area (TPSA) is 55.1 Å². The number of hydrogen-bond acceptors (Lipinski definition) is 5. The summed E-state index contributed by atoms with van der Waals surface area (Å²) in [6.07, 6.45) is 1.66. The van der Waals surface area contributed by atoms with Crippen molar-refractivity contribution in [2.75, 3.05) is 0 Å². The number of amides is 1. The molecule has 1 amide bonds. The van der Waals surface area contributed by atoms with Crippen molar-refractivity contribution in [2.24, 2.45) is 0 Å². The molecule has 4 nitrogen and oxygen atoms in total. The van der Waals surface area contributed by atoms with Crippen LogP contribution in [0, 0.1) is 0 Å². The number of rotatable bonds is 4. The molecule has 4 rings (SSSR count). The zero-order valence-electron chi connectivity index (χ0n) is 12.0. The van der Waals surface area contributed by atoms with Crippen molar-refractivity contribution >= 4 is 38.8 Å². The van der Waals surface area contributed by atoms with E-state index in [0.29, 0.717) is 12.1 Å². The van der Waals surface area contributed by atoms with Gasteiger partial charge in [0.2, 0.25) is 0 Å². The number of hydrogen-bond donors (Lipinski definition) is 1. The molecule has 3 heterocycles. The molecule has 0 bridgehead atoms. The average molecular weight is 340 g/mol. The maximum absolute atomic E-state index is 12.3. The van der Waals surface area contributed by atoms with E-state index in [4.69, 9.17) is 4.42 Å². The number of aromatic nitrogens is 1. The maximum atomic E-state index is 12.3. The summed E-state index contributed by atoms with van der Waals surface area (Å²) >= 11 is 3.14. The van der Waals surface area contributed by atoms with Crippen molar-refractivity contribution in [3.05, 3.63) is 64.0 Å². The molecule has 1 N–H and O–H groups in total. The summed E-state index contributed by atoms with van der Waals surface area (Å²) in [6, 6.07) is 11.4. The Morgan fingerprint density at radius 1 is 1.22 bits per heavy atom. The van der Waals surface area contributed by atoms with Crippen molar-refractivity contribution in [3.8, 4) is 11.3 Å². The van der Waals surface area contributed by atoms with E-state index in [1.165, 1.54) is 11.3 Å². The highest BCUT2D eigenvalue weighted by Gasteiger charge is 2.09. The highest BCUT2D eigenvalue weighted by Crippen LogP contribution is 2.26. The number of nitrogens with zero attached hydrogens (tertiary/aromatic N) is 1. The number of benzene rings is 1. The van der Waals surface area contributed by atoms with Crippen molar-refractivity contribution in [1.82, 2.24) is 10.3 Å². The van der Waals surface area contributed by atoms with E-state index in [1.807, 2.05) is 35.7 Å². The molecule has 0 saturated heterocycles. The molecule has 0 fully saturated rings. The Bertz CT molecular complexity index is 954. The molecule has 0 saturated carbocycles. The molecule has 0 atom stereocenters. The van der Waals surface area contributed by atoms with E-state index >= 15 is 0 Å². The highest BCUT2D eigenvalue weighted by atomic mass is 32.1. The number of carbonyl (C=O) groups is 1. The molecule has 6 heteroatoms. The molecule has 4 aromatic rings. The number of fused-ring (bicyclic) bond motifs is 1. The van der Waals surface area contributed by atoms with Crippen LogP contribution in [0.15, 0.2) is 58.0 Å². The molecule has 0 unspecified atom stereocenters. The lowest BCUT2D eigenvalue weighted by molar-refractivity contribution is 0.0951. The summed E-state index contributed by atoms with van der Waals surface area (Å²) in [7, 11) is 0. The Morgan fingerprint density at radius 2 is 2.17 bits per heavy atom. The number of thiophene rings is 1. The lowest BCUT2D eigenvalue weighted by Gasteiger charge is -2.03. The van der Waals surface area contributed by atoms with E-state index in [-0.39, 0.29) is 5.91 Å². The van der Waals surface area contributed by atoms with Crippen LogP contribution in [0.5, 0.6) is 0 Å². The summed E-state index contributed by atoms with van der Waals surface area (Å²) in [4.78, 5) is 17.6. The molecule has 23 heavy (non-hydrogen) atoms. The first-order valence-corrected chi connectivity index (χ1v) is 8.78. The summed E-state index contributed by atoms with van der Waals surface area (Å²) in [5.41, 5.74) is 4.40. The Labute approximate surface area is 140 Å². The van der Waals surface area contributed by atoms with E-state index in [9.17, 15) is 4.79 Å². The Hall–Kier alpha value is -2.44. The third-order valence-electron chi connectivity index (χ3n) is 3.48. The van der Waals surface area contributed by atoms with Crippen molar-refractivity contribution in [3.63, 3.8) is 0 Å². The quantitative estimate of drug-likeness (QED) is 0.593. The second-order valence-corrected chi connectivity index (χ2v) is 6.88. The lowest BCUT2D eigenvalue weighted by Crippen LogP contribution is -2.22. The zero-order chi connectivity index (χ0) is 15.6. The van der Waals surface area contributed by atoms with Crippen molar-refractivity contribution < 1.29 is 9.21 Å². The first-order valence-electron chi connectivity index (χ1n) is 7.02. The van der Waals surface area contributed by atoms with E-state index in [1.54, 1.807) is 29.2 Å². The third kappa shape index (κ3) is 2.91. The zero-order valence-corrected chi connectivity index (χ0v) is 13.6. The Morgan fingerprint density at radius 3 is 3.04 bits per heavy atom. The Balaban J connectivity index is 1.45. The van der Waals surface area contributed by atoms with Gasteiger partial charge in [0.15, 0.2) is 0 Å². The monoisotopic (exact) mass is 340 g/mol. The molecule has 0 spiro atoms. The predicted octanol–water partition coefficient (Wildman–Crippen LogP) is 4.55. The number of thiazole rings is 1. The van der Waals surface area contributed by atoms with Crippen molar-refractivity contribution in [1.29, 1.82) is 0 Å². The van der Waals surface area contributed by atoms with Gasteiger partial charge in [-0.15, -0.1) is 22.7 Å². The van der Waals surface area contributed by atoms with E-state index in [2.05, 4.69) is 10.3 Å². The molecule has 114 valence electrons. The standard InChI is InChI=1S/C17H12N2O2S2/c20-17(11-3-4-14-16(7-11)23-10-19-14)18-8-13-6-12(9-22-13)15-2-1-5-21-15/h1-7,9-10H,8H2,(H,18,20). The lowest BCUT2D eigenvalue weighted by atomic mass is 10.2. The normalized spacial score (nSPS) is 11.0. The van der Waals surface area contributed by atoms with E-state index in [0.717, 1.165) is 26.4 Å². The van der Waals surface area contributed by atoms with Gasteiger partial charge in [-0.05, 0) is 36.4 Å². The second kappa shape index (κ2) is 5.98. The van der Waals surface area contributed by atoms with Gasteiger partial charge in [0.05, 0.1) is 28.5 Å². The molecule has 0 aliphatic carbocycles. The first-order chi connectivity index (χ1) is 11.3. The molecule has 3 aromatic heterocycles. The van der Waals surface area contributed by atoms with Crippen LogP contribution in [-0.4, -0.2) is 10.9 Å². The van der Waals surface area contributed by atoms with Crippen LogP contribution in [0.1, 0.15) is 15.2 Å². The number of furan rings is 1. The van der Waals surface area contributed by atoms with Crippen LogP contribution in [0.2, 0.25) is 0 Å². The number of nitrogens with one attached hydrogen (secondary N) is 1. The van der Waals surface area contributed by atoms with Gasteiger partial charge in [-0.3, -0.25) is 4.79 Å². The summed E-state index contributed by atoms with van der Waals surface area (Å²) < 4.78 is 6.40. The van der Waals surface area contributed by atoms with Crippen LogP contribution in [0.3, 0.4) is 0 Å².